The van der Waals surface area contributed by atoms with Gasteiger partial charge in [0.25, 0.3) is 0 Å². The fourth-order valence-electron chi connectivity index (χ4n) is 0.591. The minimum absolute atomic E-state index is 0. The summed E-state index contributed by atoms with van der Waals surface area (Å²) < 4.78 is 1.32. The molecule has 2 aromatic heterocycles. The molecule has 0 radical (unpaired) electrons. The molecule has 0 aliphatic carbocycles. The Morgan fingerprint density at radius 2 is 1.50 bits per heavy atom. The van der Waals surface area contributed by atoms with Crippen molar-refractivity contribution in [2.24, 2.45) is 0 Å². The van der Waals surface area contributed by atoms with Crippen molar-refractivity contribution in [2.45, 2.75) is 0 Å². The molecule has 0 aliphatic heterocycles. The van der Waals surface area contributed by atoms with Gasteiger partial charge in [0.2, 0.25) is 0 Å². The van der Waals surface area contributed by atoms with E-state index in [4.69, 9.17) is 0 Å². The maximum atomic E-state index is 3.05. The largest absolute Gasteiger partial charge is 1.00 e. The van der Waals surface area contributed by atoms with Crippen LogP contribution in [0.4, 0.5) is 0 Å². The SMILES string of the molecule is [Li+].[Li+].[c-]1cc2c[c-]sc2s1. The first-order valence-electron chi connectivity index (χ1n) is 2.22. The summed E-state index contributed by atoms with van der Waals surface area (Å²) in [7, 11) is 0. The molecule has 2 heterocycles. The van der Waals surface area contributed by atoms with Crippen LogP contribution in [0, 0.1) is 10.8 Å². The molecule has 0 N–H and O–H groups in total. The van der Waals surface area contributed by atoms with E-state index in [-0.39, 0.29) is 37.7 Å². The molecular weight excluding hydrogens is 150 g/mol. The van der Waals surface area contributed by atoms with E-state index in [1.165, 1.54) is 9.40 Å². The van der Waals surface area contributed by atoms with Gasteiger partial charge in [0.15, 0.2) is 0 Å². The molecule has 2 rings (SSSR count). The molecule has 0 saturated heterocycles. The van der Waals surface area contributed by atoms with E-state index in [9.17, 15) is 0 Å². The topological polar surface area (TPSA) is 0 Å². The van der Waals surface area contributed by atoms with Gasteiger partial charge in [-0.15, -0.1) is 10.8 Å². The third-order valence-corrected chi connectivity index (χ3v) is 2.78. The van der Waals surface area contributed by atoms with E-state index in [1.807, 2.05) is 12.1 Å². The smallest absolute Gasteiger partial charge is 0.286 e. The second-order valence-electron chi connectivity index (χ2n) is 1.47. The standard InChI is InChI=1S/C6H2S2.2Li/c1-3-7-6-5(1)2-4-8-6;;/h1-2H;;/q-2;2*+1. The molecule has 10 heavy (non-hydrogen) atoms. The van der Waals surface area contributed by atoms with E-state index in [0.717, 1.165) is 0 Å². The first-order valence-corrected chi connectivity index (χ1v) is 3.85. The second kappa shape index (κ2) is 4.68. The van der Waals surface area contributed by atoms with Crippen LogP contribution in [-0.4, -0.2) is 0 Å². The monoisotopic (exact) mass is 152 g/mol. The Hall–Kier alpha value is 0.855. The zero-order valence-electron chi connectivity index (χ0n) is 5.97. The Morgan fingerprint density at radius 3 is 1.90 bits per heavy atom. The van der Waals surface area contributed by atoms with Crippen molar-refractivity contribution >= 4 is 32.1 Å². The van der Waals surface area contributed by atoms with E-state index in [2.05, 4.69) is 10.8 Å². The molecule has 0 aliphatic rings. The summed E-state index contributed by atoms with van der Waals surface area (Å²) in [5, 5.41) is 7.38. The van der Waals surface area contributed by atoms with Crippen molar-refractivity contribution in [1.82, 2.24) is 0 Å². The molecule has 0 spiro atoms. The quantitative estimate of drug-likeness (QED) is 0.272. The van der Waals surface area contributed by atoms with Gasteiger partial charge in [0, 0.05) is 0 Å². The summed E-state index contributed by atoms with van der Waals surface area (Å²) in [5.41, 5.74) is 0. The van der Waals surface area contributed by atoms with Crippen molar-refractivity contribution < 1.29 is 37.7 Å². The van der Waals surface area contributed by atoms with Gasteiger partial charge >= 0.3 is 37.7 Å². The van der Waals surface area contributed by atoms with Crippen LogP contribution in [0.15, 0.2) is 12.1 Å². The average Bonchev–Trinajstić information content (AvgIpc) is 2.15. The maximum Gasteiger partial charge on any atom is 1.00 e. The van der Waals surface area contributed by atoms with Crippen LogP contribution < -0.4 is 37.7 Å². The number of fused-ring (bicyclic) bond motifs is 1. The van der Waals surface area contributed by atoms with Gasteiger partial charge in [-0.1, -0.05) is 4.01 Å². The molecular formula is C6H2Li2S2. The molecule has 0 saturated carbocycles. The third kappa shape index (κ3) is 1.92. The van der Waals surface area contributed by atoms with Crippen LogP contribution in [0.2, 0.25) is 0 Å². The van der Waals surface area contributed by atoms with Crippen molar-refractivity contribution in [3.8, 4) is 0 Å². The fraction of sp³-hybridized carbons (Fsp3) is 0. The Balaban J connectivity index is 0.000000405. The maximum absolute atomic E-state index is 3.05. The number of hydrogen-bond acceptors (Lipinski definition) is 2. The third-order valence-electron chi connectivity index (χ3n) is 0.968. The summed E-state index contributed by atoms with van der Waals surface area (Å²) in [6, 6.07) is 3.99. The van der Waals surface area contributed by atoms with Gasteiger partial charge in [0.1, 0.15) is 0 Å². The molecule has 2 aromatic rings. The van der Waals surface area contributed by atoms with E-state index in [1.54, 1.807) is 22.7 Å². The first kappa shape index (κ1) is 10.9. The van der Waals surface area contributed by atoms with Gasteiger partial charge in [-0.25, -0.2) is 0 Å². The Labute approximate surface area is 92.0 Å². The van der Waals surface area contributed by atoms with Crippen LogP contribution >= 0.6 is 22.7 Å². The molecule has 0 bridgehead atoms. The zero-order valence-corrected chi connectivity index (χ0v) is 7.60. The van der Waals surface area contributed by atoms with Crippen LogP contribution in [0.1, 0.15) is 0 Å². The summed E-state index contributed by atoms with van der Waals surface area (Å²) >= 11 is 3.31. The predicted molar refractivity (Wildman–Crippen MR) is 37.4 cm³/mol. The minimum Gasteiger partial charge on any atom is -0.286 e. The molecule has 0 nitrogen and oxygen atoms in total. The first-order chi connectivity index (χ1) is 3.97. The zero-order chi connectivity index (χ0) is 5.40. The number of thiophene rings is 2. The molecule has 4 heteroatoms. The number of rotatable bonds is 0. The van der Waals surface area contributed by atoms with Gasteiger partial charge in [0.05, 0.1) is 0 Å². The van der Waals surface area contributed by atoms with Gasteiger partial charge < -0.3 is 0 Å². The molecule has 0 atom stereocenters. The van der Waals surface area contributed by atoms with Gasteiger partial charge in [-0.2, -0.15) is 17.5 Å². The van der Waals surface area contributed by atoms with Crippen molar-refractivity contribution in [3.05, 3.63) is 22.9 Å². The van der Waals surface area contributed by atoms with Crippen LogP contribution in [0.3, 0.4) is 0 Å². The minimum atomic E-state index is 0. The molecule has 0 amide bonds. The summed E-state index contributed by atoms with van der Waals surface area (Å²) in [6.45, 7) is 0. The van der Waals surface area contributed by atoms with Gasteiger partial charge in [-0.3, -0.25) is 22.7 Å². The molecule has 0 unspecified atom stereocenters. The van der Waals surface area contributed by atoms with Crippen LogP contribution in [0.25, 0.3) is 9.40 Å². The van der Waals surface area contributed by atoms with Crippen molar-refractivity contribution in [3.63, 3.8) is 0 Å². The molecule has 0 aromatic carbocycles. The van der Waals surface area contributed by atoms with Crippen LogP contribution in [-0.2, 0) is 0 Å². The van der Waals surface area contributed by atoms with E-state index >= 15 is 0 Å². The Kier molecular flexibility index (Phi) is 5.08. The summed E-state index contributed by atoms with van der Waals surface area (Å²) in [6.07, 6.45) is 0. The van der Waals surface area contributed by atoms with Gasteiger partial charge in [-0.05, 0) is 0 Å². The van der Waals surface area contributed by atoms with Crippen molar-refractivity contribution in [1.29, 1.82) is 0 Å². The predicted octanol–water partition coefficient (Wildman–Crippen LogP) is -3.43. The summed E-state index contributed by atoms with van der Waals surface area (Å²) in [5.74, 6) is 0. The van der Waals surface area contributed by atoms with Crippen molar-refractivity contribution in [2.75, 3.05) is 0 Å². The van der Waals surface area contributed by atoms with E-state index in [0.29, 0.717) is 0 Å². The Bertz CT molecular complexity index is 235. The summed E-state index contributed by atoms with van der Waals surface area (Å²) in [4.78, 5) is 0. The molecule has 0 fully saturated rings. The molecule has 40 valence electrons. The fourth-order valence-corrected chi connectivity index (χ4v) is 2.10. The second-order valence-corrected chi connectivity index (χ2v) is 3.43. The Morgan fingerprint density at radius 1 is 1.00 bits per heavy atom. The average molecular weight is 152 g/mol. The normalized spacial score (nSPS) is 8.40. The number of hydrogen-bond donors (Lipinski definition) is 0. The van der Waals surface area contributed by atoms with Crippen LogP contribution in [0.5, 0.6) is 0 Å². The van der Waals surface area contributed by atoms with E-state index < -0.39 is 0 Å².